The highest BCUT2D eigenvalue weighted by Gasteiger charge is 2.42. The number of ether oxygens (including phenoxy) is 1. The van der Waals surface area contributed by atoms with Crippen molar-refractivity contribution in [3.63, 3.8) is 0 Å². The van der Waals surface area contributed by atoms with Gasteiger partial charge in [0.05, 0.1) is 30.2 Å². The Labute approximate surface area is 208 Å². The van der Waals surface area contributed by atoms with E-state index < -0.39 is 5.92 Å². The van der Waals surface area contributed by atoms with E-state index in [1.165, 1.54) is 18.1 Å². The summed E-state index contributed by atoms with van der Waals surface area (Å²) in [6.45, 7) is 0. The van der Waals surface area contributed by atoms with Crippen molar-refractivity contribution < 1.29 is 14.6 Å². The summed E-state index contributed by atoms with van der Waals surface area (Å²) in [6.07, 6.45) is 6.74. The molecular formula is C27H26N4O3S. The van der Waals surface area contributed by atoms with Gasteiger partial charge in [0.25, 0.3) is 0 Å². The van der Waals surface area contributed by atoms with E-state index >= 15 is 0 Å². The first kappa shape index (κ1) is 23.0. The number of phenolic OH excluding ortho intramolecular Hbond substituents is 1. The predicted octanol–water partition coefficient (Wildman–Crippen LogP) is 4.91. The van der Waals surface area contributed by atoms with Crippen LogP contribution in [-0.4, -0.2) is 18.0 Å². The topological polar surface area (TPSA) is 123 Å². The van der Waals surface area contributed by atoms with Crippen LogP contribution >= 0.6 is 11.3 Å². The molecule has 2 aromatic rings. The van der Waals surface area contributed by atoms with Crippen molar-refractivity contribution in [2.45, 2.75) is 57.3 Å². The van der Waals surface area contributed by atoms with Crippen LogP contribution in [0.5, 0.6) is 11.5 Å². The molecule has 0 radical (unpaired) electrons. The molecule has 7 nitrogen and oxygen atoms in total. The van der Waals surface area contributed by atoms with Gasteiger partial charge in [-0.1, -0.05) is 12.5 Å². The zero-order valence-electron chi connectivity index (χ0n) is 19.6. The number of aryl methyl sites for hydroxylation is 1. The number of rotatable bonds is 3. The van der Waals surface area contributed by atoms with Crippen molar-refractivity contribution in [2.75, 3.05) is 12.0 Å². The van der Waals surface area contributed by atoms with Crippen LogP contribution in [0.15, 0.2) is 40.9 Å². The quantitative estimate of drug-likeness (QED) is 0.591. The molecule has 5 rings (SSSR count). The van der Waals surface area contributed by atoms with Crippen molar-refractivity contribution in [3.05, 3.63) is 62.4 Å². The second-order valence-electron chi connectivity index (χ2n) is 9.10. The molecule has 0 bridgehead atoms. The number of ketones is 1. The molecule has 0 saturated heterocycles. The summed E-state index contributed by atoms with van der Waals surface area (Å²) >= 11 is 1.56. The third-order valence-corrected chi connectivity index (χ3v) is 8.44. The lowest BCUT2D eigenvalue weighted by atomic mass is 9.75. The second kappa shape index (κ2) is 9.13. The molecule has 1 aliphatic heterocycles. The van der Waals surface area contributed by atoms with E-state index in [1.54, 1.807) is 23.5 Å². The van der Waals surface area contributed by atoms with Crippen LogP contribution in [-0.2, 0) is 17.6 Å². The van der Waals surface area contributed by atoms with Gasteiger partial charge in [-0.05, 0) is 61.8 Å². The van der Waals surface area contributed by atoms with Gasteiger partial charge in [0, 0.05) is 22.6 Å². The minimum absolute atomic E-state index is 0.0339. The maximum Gasteiger partial charge on any atom is 0.161 e. The number of nitrogens with two attached hydrogens (primary N) is 1. The smallest absolute Gasteiger partial charge is 0.161 e. The summed E-state index contributed by atoms with van der Waals surface area (Å²) in [5, 5.41) is 31.5. The summed E-state index contributed by atoms with van der Waals surface area (Å²) in [5.41, 5.74) is 10.5. The number of anilines is 1. The van der Waals surface area contributed by atoms with Gasteiger partial charge in [-0.3, -0.25) is 9.69 Å². The van der Waals surface area contributed by atoms with Crippen molar-refractivity contribution >= 4 is 22.1 Å². The Balaban J connectivity index is 1.73. The Morgan fingerprint density at radius 2 is 1.91 bits per heavy atom. The molecule has 0 saturated carbocycles. The molecule has 0 spiro atoms. The van der Waals surface area contributed by atoms with E-state index in [1.807, 2.05) is 4.90 Å². The Morgan fingerprint density at radius 1 is 1.11 bits per heavy atom. The van der Waals surface area contributed by atoms with Crippen molar-refractivity contribution in [1.82, 2.24) is 0 Å². The molecule has 0 unspecified atom stereocenters. The first-order valence-corrected chi connectivity index (χ1v) is 12.7. The Morgan fingerprint density at radius 3 is 2.63 bits per heavy atom. The van der Waals surface area contributed by atoms with Gasteiger partial charge >= 0.3 is 0 Å². The fourth-order valence-corrected chi connectivity index (χ4v) is 6.92. The summed E-state index contributed by atoms with van der Waals surface area (Å²) < 4.78 is 5.17. The average Bonchev–Trinajstić information content (AvgIpc) is 3.03. The fraction of sp³-hybridized carbons (Fsp3) is 0.370. The third kappa shape index (κ3) is 3.66. The number of nitrogens with zero attached hydrogens (tertiary/aromatic N) is 3. The molecule has 0 fully saturated rings. The molecular weight excluding hydrogens is 460 g/mol. The van der Waals surface area contributed by atoms with Crippen LogP contribution in [0.2, 0.25) is 0 Å². The molecule has 2 aliphatic carbocycles. The number of thiophene rings is 1. The van der Waals surface area contributed by atoms with Crippen LogP contribution in [0.4, 0.5) is 5.00 Å². The Kier molecular flexibility index (Phi) is 6.00. The molecule has 0 amide bonds. The largest absolute Gasteiger partial charge is 0.504 e. The highest BCUT2D eigenvalue weighted by atomic mass is 32.1. The van der Waals surface area contributed by atoms with Gasteiger partial charge in [0.15, 0.2) is 17.3 Å². The highest BCUT2D eigenvalue weighted by molar-refractivity contribution is 7.16. The lowest BCUT2D eigenvalue weighted by Crippen LogP contribution is -2.38. The van der Waals surface area contributed by atoms with Gasteiger partial charge in [0.2, 0.25) is 0 Å². The number of aromatic hydroxyl groups is 1. The van der Waals surface area contributed by atoms with Gasteiger partial charge < -0.3 is 15.6 Å². The zero-order chi connectivity index (χ0) is 24.7. The van der Waals surface area contributed by atoms with E-state index in [0.29, 0.717) is 46.7 Å². The maximum absolute atomic E-state index is 13.4. The van der Waals surface area contributed by atoms with E-state index in [0.717, 1.165) is 43.4 Å². The summed E-state index contributed by atoms with van der Waals surface area (Å²) in [5.74, 6) is -0.228. The van der Waals surface area contributed by atoms with Crippen molar-refractivity contribution in [1.29, 1.82) is 10.5 Å². The van der Waals surface area contributed by atoms with Gasteiger partial charge in [0.1, 0.15) is 16.9 Å². The SMILES string of the molecule is COc1ccc([C@@H]2C(C#N)=C(N)N(c3sc4c(c3C#N)CCCCC4)C3=C2C(=O)CCC3)cc1O. The monoisotopic (exact) mass is 486 g/mol. The lowest BCUT2D eigenvalue weighted by Gasteiger charge is -2.39. The normalized spacial score (nSPS) is 20.0. The molecule has 35 heavy (non-hydrogen) atoms. The summed E-state index contributed by atoms with van der Waals surface area (Å²) in [4.78, 5) is 16.4. The van der Waals surface area contributed by atoms with E-state index in [9.17, 15) is 20.4 Å². The zero-order valence-corrected chi connectivity index (χ0v) is 20.4. The van der Waals surface area contributed by atoms with Gasteiger partial charge in [-0.15, -0.1) is 11.3 Å². The Hall–Kier alpha value is -3.75. The first-order valence-electron chi connectivity index (χ1n) is 11.9. The standard InChI is InChI=1S/C27H26N4O3S/c1-34-22-11-10-15(12-21(22)33)24-18(14-29)26(30)31(19-7-5-8-20(32)25(19)24)27-17(13-28)16-6-3-2-4-9-23(16)35-27/h10-12,24,33H,2-9,30H2,1H3/t24-/m1/s1. The molecule has 178 valence electrons. The first-order chi connectivity index (χ1) is 17.0. The van der Waals surface area contributed by atoms with Crippen LogP contribution in [0.3, 0.4) is 0 Å². The van der Waals surface area contributed by atoms with Crippen LogP contribution in [0, 0.1) is 22.7 Å². The Bertz CT molecular complexity index is 1370. The molecule has 3 N–H and O–H groups in total. The third-order valence-electron chi connectivity index (χ3n) is 7.17. The number of hydrogen-bond acceptors (Lipinski definition) is 8. The van der Waals surface area contributed by atoms with Crippen LogP contribution in [0.1, 0.15) is 66.0 Å². The maximum atomic E-state index is 13.4. The number of methoxy groups -OCH3 is 1. The number of carbonyl (C=O) groups is 1. The van der Waals surface area contributed by atoms with Crippen molar-refractivity contribution in [2.24, 2.45) is 5.73 Å². The lowest BCUT2D eigenvalue weighted by molar-refractivity contribution is -0.116. The highest BCUT2D eigenvalue weighted by Crippen LogP contribution is 2.50. The summed E-state index contributed by atoms with van der Waals surface area (Å²) in [7, 11) is 1.46. The number of fused-ring (bicyclic) bond motifs is 1. The van der Waals surface area contributed by atoms with Crippen LogP contribution < -0.4 is 15.4 Å². The number of carbonyl (C=O) groups excluding carboxylic acids is 1. The number of nitriles is 2. The number of Topliss-reactive ketones (excluding diaryl/α,β-unsaturated/α-hetero) is 1. The average molecular weight is 487 g/mol. The molecule has 2 heterocycles. The molecule has 3 aliphatic rings. The van der Waals surface area contributed by atoms with Gasteiger partial charge in [-0.25, -0.2) is 0 Å². The van der Waals surface area contributed by atoms with E-state index in [4.69, 9.17) is 10.5 Å². The second-order valence-corrected chi connectivity index (χ2v) is 10.2. The summed E-state index contributed by atoms with van der Waals surface area (Å²) in [6, 6.07) is 9.56. The number of phenols is 1. The van der Waals surface area contributed by atoms with E-state index in [-0.39, 0.29) is 22.9 Å². The fourth-order valence-electron chi connectivity index (χ4n) is 5.54. The minimum atomic E-state index is -0.681. The minimum Gasteiger partial charge on any atom is -0.504 e. The van der Waals surface area contributed by atoms with E-state index in [2.05, 4.69) is 12.1 Å². The molecule has 1 aromatic carbocycles. The molecule has 1 atom stereocenters. The molecule has 8 heteroatoms. The number of allylic oxidation sites excluding steroid dienone is 3. The van der Waals surface area contributed by atoms with Crippen LogP contribution in [0.25, 0.3) is 0 Å². The number of hydrogen-bond donors (Lipinski definition) is 2. The van der Waals surface area contributed by atoms with Gasteiger partial charge in [-0.2, -0.15) is 10.5 Å². The number of benzene rings is 1. The predicted molar refractivity (Wildman–Crippen MR) is 133 cm³/mol. The van der Waals surface area contributed by atoms with Crippen molar-refractivity contribution in [3.8, 4) is 23.6 Å². The molecule has 1 aromatic heterocycles.